The van der Waals surface area contributed by atoms with Gasteiger partial charge in [0.2, 0.25) is 0 Å². The van der Waals surface area contributed by atoms with Crippen LogP contribution in [0.1, 0.15) is 108 Å². The van der Waals surface area contributed by atoms with Crippen molar-refractivity contribution < 1.29 is 0 Å². The number of rotatable bonds is 14. The van der Waals surface area contributed by atoms with Crippen LogP contribution in [0.5, 0.6) is 0 Å². The van der Waals surface area contributed by atoms with Gasteiger partial charge in [-0.2, -0.15) is 0 Å². The molecule has 0 nitrogen and oxygen atoms in total. The van der Waals surface area contributed by atoms with Gasteiger partial charge in [-0.3, -0.25) is 0 Å². The molecule has 7 unspecified atom stereocenters. The average Bonchev–Trinajstić information content (AvgIpc) is 2.77. The first kappa shape index (κ1) is 30.7. The zero-order valence-corrected chi connectivity index (χ0v) is 24.6. The maximum atomic E-state index is 4.41. The van der Waals surface area contributed by atoms with Crippen molar-refractivity contribution in [3.05, 3.63) is 60.8 Å². The lowest BCUT2D eigenvalue weighted by molar-refractivity contribution is 0.0892. The molecule has 0 aromatic heterocycles. The highest BCUT2D eigenvalue weighted by molar-refractivity contribution is 5.15. The van der Waals surface area contributed by atoms with E-state index < -0.39 is 0 Å². The van der Waals surface area contributed by atoms with Crippen molar-refractivity contribution in [3.63, 3.8) is 0 Å². The Hall–Kier alpha value is -1.30. The second-order valence-electron chi connectivity index (χ2n) is 12.9. The van der Waals surface area contributed by atoms with E-state index in [1.165, 1.54) is 36.8 Å². The molecule has 0 aliphatic heterocycles. The van der Waals surface area contributed by atoms with E-state index in [4.69, 9.17) is 0 Å². The maximum absolute atomic E-state index is 4.41. The fraction of sp³-hybridized carbons (Fsp3) is 0.706. The Kier molecular flexibility index (Phi) is 11.9. The summed E-state index contributed by atoms with van der Waals surface area (Å²) in [4.78, 5) is 0. The third kappa shape index (κ3) is 8.73. The second kappa shape index (κ2) is 13.1. The first-order valence-corrected chi connectivity index (χ1v) is 14.0. The highest BCUT2D eigenvalue weighted by Crippen LogP contribution is 2.49. The van der Waals surface area contributed by atoms with Crippen LogP contribution in [0, 0.1) is 46.3 Å². The van der Waals surface area contributed by atoms with Crippen LogP contribution in [0.25, 0.3) is 0 Å². The summed E-state index contributed by atoms with van der Waals surface area (Å²) in [5.74, 6) is 3.83. The first-order valence-electron chi connectivity index (χ1n) is 14.0. The summed E-state index contributed by atoms with van der Waals surface area (Å²) in [6.45, 7) is 36.3. The Morgan fingerprint density at radius 3 is 2.26 bits per heavy atom. The highest BCUT2D eigenvalue weighted by Gasteiger charge is 2.40. The lowest BCUT2D eigenvalue weighted by atomic mass is 9.58. The molecular formula is C34H58. The van der Waals surface area contributed by atoms with Gasteiger partial charge in [0.05, 0.1) is 0 Å². The summed E-state index contributed by atoms with van der Waals surface area (Å²) >= 11 is 0. The first-order chi connectivity index (χ1) is 15.6. The van der Waals surface area contributed by atoms with Crippen LogP contribution in [0.2, 0.25) is 0 Å². The molecule has 0 N–H and O–H groups in total. The smallest absolute Gasteiger partial charge is 0.00303 e. The summed E-state index contributed by atoms with van der Waals surface area (Å²) in [6, 6.07) is 0. The van der Waals surface area contributed by atoms with Gasteiger partial charge >= 0.3 is 0 Å². The molecule has 7 atom stereocenters. The molecule has 0 radical (unpaired) electrons. The largest absolute Gasteiger partial charge is 0.102 e. The van der Waals surface area contributed by atoms with E-state index >= 15 is 0 Å². The van der Waals surface area contributed by atoms with E-state index in [1.54, 1.807) is 5.57 Å². The summed E-state index contributed by atoms with van der Waals surface area (Å²) in [7, 11) is 0. The minimum Gasteiger partial charge on any atom is -0.102 e. The molecule has 0 heteroatoms. The van der Waals surface area contributed by atoms with Crippen molar-refractivity contribution in [2.24, 2.45) is 46.3 Å². The van der Waals surface area contributed by atoms with E-state index in [0.29, 0.717) is 35.0 Å². The average molecular weight is 467 g/mol. The minimum absolute atomic E-state index is 0.0546. The van der Waals surface area contributed by atoms with Crippen LogP contribution in [0.3, 0.4) is 0 Å². The van der Waals surface area contributed by atoms with Crippen LogP contribution >= 0.6 is 0 Å². The third-order valence-electron chi connectivity index (χ3n) is 9.72. The molecule has 0 saturated heterocycles. The van der Waals surface area contributed by atoms with Gasteiger partial charge in [0.15, 0.2) is 0 Å². The molecule has 0 heterocycles. The monoisotopic (exact) mass is 466 g/mol. The molecular weight excluding hydrogens is 408 g/mol. The van der Waals surface area contributed by atoms with E-state index in [-0.39, 0.29) is 5.41 Å². The van der Waals surface area contributed by atoms with Crippen molar-refractivity contribution in [1.82, 2.24) is 0 Å². The van der Waals surface area contributed by atoms with Crippen LogP contribution in [-0.4, -0.2) is 0 Å². The maximum Gasteiger partial charge on any atom is 0.00303 e. The van der Waals surface area contributed by atoms with Gasteiger partial charge in [0, 0.05) is 5.41 Å². The Labute approximate surface area is 214 Å². The van der Waals surface area contributed by atoms with Crippen molar-refractivity contribution in [1.29, 1.82) is 0 Å². The van der Waals surface area contributed by atoms with Crippen molar-refractivity contribution in [3.8, 4) is 0 Å². The van der Waals surface area contributed by atoms with Crippen molar-refractivity contribution >= 4 is 0 Å². The minimum atomic E-state index is 0.0546. The molecule has 0 aromatic carbocycles. The third-order valence-corrected chi connectivity index (χ3v) is 9.72. The van der Waals surface area contributed by atoms with Crippen LogP contribution in [0.4, 0.5) is 0 Å². The predicted molar refractivity (Wildman–Crippen MR) is 156 cm³/mol. The fourth-order valence-corrected chi connectivity index (χ4v) is 5.48. The molecule has 0 saturated carbocycles. The zero-order valence-electron chi connectivity index (χ0n) is 24.6. The van der Waals surface area contributed by atoms with Gasteiger partial charge in [-0.25, -0.2) is 0 Å². The van der Waals surface area contributed by atoms with Crippen LogP contribution < -0.4 is 0 Å². The van der Waals surface area contributed by atoms with Gasteiger partial charge in [0.25, 0.3) is 0 Å². The van der Waals surface area contributed by atoms with E-state index in [1.807, 2.05) is 0 Å². The molecule has 0 aromatic rings. The molecule has 1 aliphatic carbocycles. The predicted octanol–water partition coefficient (Wildman–Crippen LogP) is 11.0. The normalized spacial score (nSPS) is 26.9. The molecule has 34 heavy (non-hydrogen) atoms. The lowest BCUT2D eigenvalue weighted by Crippen LogP contribution is -2.38. The van der Waals surface area contributed by atoms with Crippen molar-refractivity contribution in [2.45, 2.75) is 108 Å². The molecule has 0 spiro atoms. The van der Waals surface area contributed by atoms with Crippen molar-refractivity contribution in [2.75, 3.05) is 0 Å². The molecule has 0 fully saturated rings. The van der Waals surface area contributed by atoms with Gasteiger partial charge in [-0.15, -0.1) is 6.58 Å². The standard InChI is InChI=1S/C34H58/c1-14-34(13,22-20-28(7)27(6)17-16-26(5)24(2)3)21-19-25(4)15-18-32-31(10)29(8)23-30(9)33(32,11)12/h14,19,21,23,25-26,28,30-32H,1-2,6,15-18,20,22H2,3-5,7-13H3. The molecule has 0 bridgehead atoms. The van der Waals surface area contributed by atoms with Gasteiger partial charge in [0.1, 0.15) is 0 Å². The zero-order chi connectivity index (χ0) is 26.3. The highest BCUT2D eigenvalue weighted by atomic mass is 14.4. The fourth-order valence-electron chi connectivity index (χ4n) is 5.48. The molecule has 1 rings (SSSR count). The number of hydrogen-bond acceptors (Lipinski definition) is 0. The SMILES string of the molecule is C=CC(C)(C=CC(C)CCC1C(C)C(C)=CC(C)C1(C)C)CCC(C)C(=C)CCC(C)C(=C)C. The molecule has 194 valence electrons. The Morgan fingerprint density at radius 2 is 1.71 bits per heavy atom. The summed E-state index contributed by atoms with van der Waals surface area (Å²) < 4.78 is 0. The van der Waals surface area contributed by atoms with Gasteiger partial charge < -0.3 is 0 Å². The second-order valence-corrected chi connectivity index (χ2v) is 12.9. The van der Waals surface area contributed by atoms with Gasteiger partial charge in [-0.1, -0.05) is 110 Å². The number of allylic oxidation sites excluding steroid dienone is 7. The van der Waals surface area contributed by atoms with E-state index in [0.717, 1.165) is 18.8 Å². The van der Waals surface area contributed by atoms with Gasteiger partial charge in [-0.05, 0) is 93.3 Å². The van der Waals surface area contributed by atoms with Crippen LogP contribution in [-0.2, 0) is 0 Å². The molecule has 0 amide bonds. The quantitative estimate of drug-likeness (QED) is 0.223. The number of hydrogen-bond donors (Lipinski definition) is 0. The summed E-state index contributed by atoms with van der Waals surface area (Å²) in [5.41, 5.74) is 4.68. The van der Waals surface area contributed by atoms with E-state index in [2.05, 4.69) is 113 Å². The Balaban J connectivity index is 2.63. The molecule has 1 aliphatic rings. The Bertz CT molecular complexity index is 744. The summed E-state index contributed by atoms with van der Waals surface area (Å²) in [6.07, 6.45) is 16.7. The van der Waals surface area contributed by atoms with E-state index in [9.17, 15) is 0 Å². The lowest BCUT2D eigenvalue weighted by Gasteiger charge is -2.46. The van der Waals surface area contributed by atoms with Crippen LogP contribution in [0.15, 0.2) is 60.8 Å². The topological polar surface area (TPSA) is 0 Å². The Morgan fingerprint density at radius 1 is 1.09 bits per heavy atom. The summed E-state index contributed by atoms with van der Waals surface area (Å²) in [5, 5.41) is 0.